The number of carboxylic acids is 1. The van der Waals surface area contributed by atoms with Crippen LogP contribution in [0.25, 0.3) is 0 Å². The van der Waals surface area contributed by atoms with E-state index >= 15 is 0 Å². The van der Waals surface area contributed by atoms with Gasteiger partial charge < -0.3 is 10.4 Å². The molecule has 1 aromatic rings. The largest absolute Gasteiger partial charge is 0.481 e. The molecule has 1 atom stereocenters. The molecule has 0 radical (unpaired) electrons. The average molecular weight is 334 g/mol. The highest BCUT2D eigenvalue weighted by molar-refractivity contribution is 6.36. The van der Waals surface area contributed by atoms with E-state index in [2.05, 4.69) is 10.3 Å². The van der Waals surface area contributed by atoms with E-state index in [-0.39, 0.29) is 23.3 Å². The fraction of sp³-hybridized carbons (Fsp3) is 0.462. The van der Waals surface area contributed by atoms with E-state index in [9.17, 15) is 9.59 Å². The van der Waals surface area contributed by atoms with Crippen LogP contribution in [-0.4, -0.2) is 46.5 Å². The Hall–Kier alpha value is -1.37. The van der Waals surface area contributed by atoms with Crippen molar-refractivity contribution < 1.29 is 14.7 Å². The summed E-state index contributed by atoms with van der Waals surface area (Å²) in [6.45, 7) is 4.37. The van der Waals surface area contributed by atoms with E-state index in [0.29, 0.717) is 18.1 Å². The summed E-state index contributed by atoms with van der Waals surface area (Å²) in [5.41, 5.74) is 0. The number of halogens is 2. The van der Waals surface area contributed by atoms with Gasteiger partial charge in [0.15, 0.2) is 5.82 Å². The van der Waals surface area contributed by atoms with Gasteiger partial charge in [-0.25, -0.2) is 4.98 Å². The Morgan fingerprint density at radius 1 is 1.48 bits per heavy atom. The van der Waals surface area contributed by atoms with Gasteiger partial charge in [-0.1, -0.05) is 37.0 Å². The summed E-state index contributed by atoms with van der Waals surface area (Å²) in [5, 5.41) is 12.1. The number of nitrogens with zero attached hydrogens (tertiary/aromatic N) is 2. The first-order valence-corrected chi connectivity index (χ1v) is 7.15. The fourth-order valence-electron chi connectivity index (χ4n) is 1.65. The quantitative estimate of drug-likeness (QED) is 0.800. The van der Waals surface area contributed by atoms with Crippen molar-refractivity contribution in [3.8, 4) is 0 Å². The summed E-state index contributed by atoms with van der Waals surface area (Å²) in [5.74, 6) is -1.52. The van der Waals surface area contributed by atoms with Crippen molar-refractivity contribution in [2.45, 2.75) is 13.8 Å². The molecule has 2 N–H and O–H groups in total. The summed E-state index contributed by atoms with van der Waals surface area (Å²) < 4.78 is 0. The highest BCUT2D eigenvalue weighted by Crippen LogP contribution is 2.22. The number of nitrogens with one attached hydrogen (secondary N) is 1. The Labute approximate surface area is 133 Å². The highest BCUT2D eigenvalue weighted by Gasteiger charge is 2.18. The molecule has 0 aromatic carbocycles. The van der Waals surface area contributed by atoms with Crippen LogP contribution in [0.5, 0.6) is 0 Å². The Balaban J connectivity index is 2.60. The molecule has 1 heterocycles. The third-order valence-corrected chi connectivity index (χ3v) is 3.33. The maximum Gasteiger partial charge on any atom is 0.307 e. The lowest BCUT2D eigenvalue weighted by molar-refractivity contribution is -0.142. The number of amides is 1. The normalized spacial score (nSPS) is 12.2. The molecule has 1 rings (SSSR count). The fourth-order valence-corrected chi connectivity index (χ4v) is 2.08. The monoisotopic (exact) mass is 333 g/mol. The minimum Gasteiger partial charge on any atom is -0.481 e. The number of aromatic nitrogens is 1. The van der Waals surface area contributed by atoms with E-state index < -0.39 is 11.9 Å². The zero-order chi connectivity index (χ0) is 16.0. The number of likely N-dealkylation sites (N-methyl/N-ethyl adjacent to an activating group) is 1. The van der Waals surface area contributed by atoms with Gasteiger partial charge >= 0.3 is 5.97 Å². The van der Waals surface area contributed by atoms with E-state index in [1.807, 2.05) is 6.92 Å². The molecule has 6 nitrogen and oxygen atoms in total. The third kappa shape index (κ3) is 5.87. The molecule has 0 saturated heterocycles. The van der Waals surface area contributed by atoms with Crippen LogP contribution in [-0.2, 0) is 9.59 Å². The molecule has 0 fully saturated rings. The van der Waals surface area contributed by atoms with Crippen LogP contribution in [0.1, 0.15) is 13.8 Å². The van der Waals surface area contributed by atoms with Crippen molar-refractivity contribution in [2.75, 3.05) is 25.0 Å². The SMILES string of the molecule is CCN(CC(=O)Nc1ncc(Cl)cc1Cl)CC(C)C(=O)O. The Morgan fingerprint density at radius 3 is 2.67 bits per heavy atom. The number of carboxylic acid groups (broad SMARTS) is 1. The van der Waals surface area contributed by atoms with Crippen molar-refractivity contribution in [2.24, 2.45) is 5.92 Å². The van der Waals surface area contributed by atoms with E-state index in [1.165, 1.54) is 12.3 Å². The molecule has 21 heavy (non-hydrogen) atoms. The molecule has 0 bridgehead atoms. The maximum atomic E-state index is 11.9. The lowest BCUT2D eigenvalue weighted by atomic mass is 10.1. The first-order chi connectivity index (χ1) is 9.83. The van der Waals surface area contributed by atoms with Crippen molar-refractivity contribution in [3.05, 3.63) is 22.3 Å². The summed E-state index contributed by atoms with van der Waals surface area (Å²) >= 11 is 11.6. The second-order valence-electron chi connectivity index (χ2n) is 4.60. The van der Waals surface area contributed by atoms with Crippen LogP contribution >= 0.6 is 23.2 Å². The lowest BCUT2D eigenvalue weighted by Gasteiger charge is -2.21. The number of carbonyl (C=O) groups excluding carboxylic acids is 1. The first kappa shape index (κ1) is 17.7. The molecular weight excluding hydrogens is 317 g/mol. The van der Waals surface area contributed by atoms with Crippen LogP contribution in [0, 0.1) is 5.92 Å². The standard InChI is InChI=1S/C13H17Cl2N3O3/c1-3-18(6-8(2)13(20)21)7-11(19)17-12-10(15)4-9(14)5-16-12/h4-5,8H,3,6-7H2,1-2H3,(H,20,21)(H,16,17,19). The second kappa shape index (κ2) is 8.17. The molecule has 1 aromatic heterocycles. The molecule has 0 aliphatic rings. The zero-order valence-electron chi connectivity index (χ0n) is 11.8. The summed E-state index contributed by atoms with van der Waals surface area (Å²) in [6, 6.07) is 1.48. The molecule has 0 aliphatic carbocycles. The molecule has 0 aliphatic heterocycles. The number of pyridine rings is 1. The summed E-state index contributed by atoms with van der Waals surface area (Å²) in [6.07, 6.45) is 1.38. The first-order valence-electron chi connectivity index (χ1n) is 6.39. The minimum atomic E-state index is -0.892. The zero-order valence-corrected chi connectivity index (χ0v) is 13.3. The molecule has 1 amide bonds. The van der Waals surface area contributed by atoms with Crippen LogP contribution in [0.15, 0.2) is 12.3 Å². The van der Waals surface area contributed by atoms with Gasteiger partial charge in [0.05, 0.1) is 22.5 Å². The van der Waals surface area contributed by atoms with Crippen molar-refractivity contribution in [1.29, 1.82) is 0 Å². The van der Waals surface area contributed by atoms with Gasteiger partial charge in [-0.05, 0) is 12.6 Å². The summed E-state index contributed by atoms with van der Waals surface area (Å²) in [7, 11) is 0. The van der Waals surface area contributed by atoms with E-state index in [0.717, 1.165) is 0 Å². The van der Waals surface area contributed by atoms with Crippen molar-refractivity contribution in [1.82, 2.24) is 9.88 Å². The second-order valence-corrected chi connectivity index (χ2v) is 5.44. The number of carbonyl (C=O) groups is 2. The number of aliphatic carboxylic acids is 1. The molecule has 116 valence electrons. The van der Waals surface area contributed by atoms with Crippen molar-refractivity contribution in [3.63, 3.8) is 0 Å². The van der Waals surface area contributed by atoms with E-state index in [4.69, 9.17) is 28.3 Å². The molecule has 8 heteroatoms. The van der Waals surface area contributed by atoms with Crippen LogP contribution in [0.3, 0.4) is 0 Å². The molecule has 0 spiro atoms. The van der Waals surface area contributed by atoms with Gasteiger partial charge in [-0.2, -0.15) is 0 Å². The van der Waals surface area contributed by atoms with Gasteiger partial charge in [0.25, 0.3) is 0 Å². The molecule has 1 unspecified atom stereocenters. The third-order valence-electron chi connectivity index (χ3n) is 2.83. The van der Waals surface area contributed by atoms with E-state index in [1.54, 1.807) is 11.8 Å². The predicted molar refractivity (Wildman–Crippen MR) is 81.8 cm³/mol. The van der Waals surface area contributed by atoms with Crippen LogP contribution < -0.4 is 5.32 Å². The number of hydrogen-bond donors (Lipinski definition) is 2. The predicted octanol–water partition coefficient (Wildman–Crippen LogP) is 2.37. The van der Waals surface area contributed by atoms with Crippen LogP contribution in [0.4, 0.5) is 5.82 Å². The van der Waals surface area contributed by atoms with Gasteiger partial charge in [-0.3, -0.25) is 14.5 Å². The van der Waals surface area contributed by atoms with Gasteiger partial charge in [0.1, 0.15) is 0 Å². The number of anilines is 1. The maximum absolute atomic E-state index is 11.9. The molecular formula is C13H17Cl2N3O3. The number of rotatable bonds is 7. The average Bonchev–Trinajstić information content (AvgIpc) is 2.40. The summed E-state index contributed by atoms with van der Waals surface area (Å²) in [4.78, 5) is 28.4. The Kier molecular flexibility index (Phi) is 6.87. The topological polar surface area (TPSA) is 82.5 Å². The van der Waals surface area contributed by atoms with Crippen molar-refractivity contribution >= 4 is 40.9 Å². The molecule has 0 saturated carbocycles. The minimum absolute atomic E-state index is 0.0642. The van der Waals surface area contributed by atoms with Gasteiger partial charge in [0, 0.05) is 12.7 Å². The Bertz CT molecular complexity index is 525. The number of hydrogen-bond acceptors (Lipinski definition) is 4. The lowest BCUT2D eigenvalue weighted by Crippen LogP contribution is -2.37. The Morgan fingerprint density at radius 2 is 2.14 bits per heavy atom. The van der Waals surface area contributed by atoms with Crippen LogP contribution in [0.2, 0.25) is 10.0 Å². The van der Waals surface area contributed by atoms with Gasteiger partial charge in [0.2, 0.25) is 5.91 Å². The van der Waals surface area contributed by atoms with Gasteiger partial charge in [-0.15, -0.1) is 0 Å². The highest BCUT2D eigenvalue weighted by atomic mass is 35.5. The smallest absolute Gasteiger partial charge is 0.307 e.